The summed E-state index contributed by atoms with van der Waals surface area (Å²) in [4.78, 5) is 24.1. The van der Waals surface area contributed by atoms with E-state index in [9.17, 15) is 14.0 Å². The Morgan fingerprint density at radius 2 is 1.92 bits per heavy atom. The molecule has 0 radical (unpaired) electrons. The molecule has 4 nitrogen and oxygen atoms in total. The number of benzene rings is 2. The lowest BCUT2D eigenvalue weighted by Crippen LogP contribution is -2.08. The Bertz CT molecular complexity index is 942. The predicted octanol–water partition coefficient (Wildman–Crippen LogP) is 4.30. The highest BCUT2D eigenvalue weighted by atomic mass is 19.1. The summed E-state index contributed by atoms with van der Waals surface area (Å²) in [5.41, 5.74) is 1.02. The highest BCUT2D eigenvalue weighted by Gasteiger charge is 2.11. The fourth-order valence-corrected chi connectivity index (χ4v) is 2.39. The van der Waals surface area contributed by atoms with Crippen LogP contribution < -0.4 is 10.2 Å². The van der Waals surface area contributed by atoms with E-state index in [1.54, 1.807) is 12.1 Å². The number of carbonyl (C=O) groups is 1. The Morgan fingerprint density at radius 3 is 2.62 bits per heavy atom. The minimum absolute atomic E-state index is 0.228. The van der Waals surface area contributed by atoms with Crippen molar-refractivity contribution >= 4 is 16.9 Å². The number of ether oxygens (including phenoxy) is 1. The number of carbonyl (C=O) groups excluding carboxylic acids is 1. The largest absolute Gasteiger partial charge is 0.463 e. The van der Waals surface area contributed by atoms with Gasteiger partial charge in [0, 0.05) is 12.5 Å². The molecule has 0 unspecified atom stereocenters. The van der Waals surface area contributed by atoms with Gasteiger partial charge in [-0.2, -0.15) is 0 Å². The molecule has 0 amide bonds. The molecule has 5 heteroatoms. The quantitative estimate of drug-likeness (QED) is 0.530. The second kappa shape index (κ2) is 6.66. The molecule has 0 aliphatic heterocycles. The summed E-state index contributed by atoms with van der Waals surface area (Å²) in [6.07, 6.45) is 2.35. The zero-order valence-electron chi connectivity index (χ0n) is 13.0. The number of hydrogen-bond donors (Lipinski definition) is 0. The van der Waals surface area contributed by atoms with Gasteiger partial charge in [0.2, 0.25) is 0 Å². The summed E-state index contributed by atoms with van der Waals surface area (Å²) in [6, 6.07) is 10.2. The van der Waals surface area contributed by atoms with Crippen molar-refractivity contribution in [1.82, 2.24) is 0 Å². The molecule has 0 aliphatic carbocycles. The summed E-state index contributed by atoms with van der Waals surface area (Å²) in [5.74, 6) is -0.372. The van der Waals surface area contributed by atoms with E-state index < -0.39 is 0 Å². The first-order valence-corrected chi connectivity index (χ1v) is 7.60. The summed E-state index contributed by atoms with van der Waals surface area (Å²) in [5, 5.41) is 0.368. The van der Waals surface area contributed by atoms with Crippen LogP contribution in [0.5, 0.6) is 5.75 Å². The topological polar surface area (TPSA) is 56.5 Å². The van der Waals surface area contributed by atoms with Gasteiger partial charge >= 0.3 is 5.97 Å². The molecule has 3 aromatic rings. The molecule has 1 heterocycles. The SMILES string of the molecule is CCCC(=O)Oc1ccc2c(=O)c(-c3ccc(F)cc3)coc2c1. The average Bonchev–Trinajstić information content (AvgIpc) is 2.56. The Kier molecular flexibility index (Phi) is 4.42. The van der Waals surface area contributed by atoms with Crippen LogP contribution in [0.2, 0.25) is 0 Å². The molecule has 24 heavy (non-hydrogen) atoms. The fraction of sp³-hybridized carbons (Fsp3) is 0.158. The minimum atomic E-state index is -0.373. The Labute approximate surface area is 137 Å². The second-order valence-corrected chi connectivity index (χ2v) is 5.37. The maximum atomic E-state index is 13.0. The third-order valence-corrected chi connectivity index (χ3v) is 3.59. The lowest BCUT2D eigenvalue weighted by Gasteiger charge is -2.06. The van der Waals surface area contributed by atoms with Crippen molar-refractivity contribution in [3.05, 3.63) is 64.8 Å². The van der Waals surface area contributed by atoms with Crippen molar-refractivity contribution in [2.45, 2.75) is 19.8 Å². The van der Waals surface area contributed by atoms with Crippen molar-refractivity contribution in [3.8, 4) is 16.9 Å². The molecular weight excluding hydrogens is 311 g/mol. The zero-order chi connectivity index (χ0) is 17.1. The van der Waals surface area contributed by atoms with Gasteiger partial charge in [0.05, 0.1) is 10.9 Å². The van der Waals surface area contributed by atoms with E-state index in [1.165, 1.54) is 36.6 Å². The lowest BCUT2D eigenvalue weighted by molar-refractivity contribution is -0.134. The van der Waals surface area contributed by atoms with Crippen LogP contribution >= 0.6 is 0 Å². The summed E-state index contributed by atoms with van der Waals surface area (Å²) < 4.78 is 23.7. The smallest absolute Gasteiger partial charge is 0.311 e. The van der Waals surface area contributed by atoms with E-state index in [1.807, 2.05) is 6.92 Å². The summed E-state index contributed by atoms with van der Waals surface area (Å²) >= 11 is 0. The van der Waals surface area contributed by atoms with Gasteiger partial charge < -0.3 is 9.15 Å². The van der Waals surface area contributed by atoms with Crippen LogP contribution in [0, 0.1) is 5.82 Å². The number of hydrogen-bond acceptors (Lipinski definition) is 4. The van der Waals surface area contributed by atoms with E-state index in [0.29, 0.717) is 40.7 Å². The van der Waals surface area contributed by atoms with E-state index in [2.05, 4.69) is 0 Å². The first kappa shape index (κ1) is 15.9. The van der Waals surface area contributed by atoms with E-state index in [-0.39, 0.29) is 17.2 Å². The third kappa shape index (κ3) is 3.20. The normalized spacial score (nSPS) is 10.8. The van der Waals surface area contributed by atoms with Gasteiger partial charge in [-0.25, -0.2) is 4.39 Å². The maximum Gasteiger partial charge on any atom is 0.311 e. The molecule has 2 aromatic carbocycles. The van der Waals surface area contributed by atoms with Crippen LogP contribution in [0.1, 0.15) is 19.8 Å². The van der Waals surface area contributed by atoms with Crippen LogP contribution in [-0.2, 0) is 4.79 Å². The minimum Gasteiger partial charge on any atom is -0.463 e. The molecule has 0 saturated heterocycles. The van der Waals surface area contributed by atoms with E-state index in [4.69, 9.17) is 9.15 Å². The Morgan fingerprint density at radius 1 is 1.17 bits per heavy atom. The van der Waals surface area contributed by atoms with Crippen LogP contribution in [0.25, 0.3) is 22.1 Å². The van der Waals surface area contributed by atoms with E-state index in [0.717, 1.165) is 0 Å². The van der Waals surface area contributed by atoms with Crippen LogP contribution in [0.4, 0.5) is 4.39 Å². The molecule has 0 spiro atoms. The second-order valence-electron chi connectivity index (χ2n) is 5.37. The van der Waals surface area contributed by atoms with Gasteiger partial charge in [-0.1, -0.05) is 19.1 Å². The molecule has 0 bridgehead atoms. The predicted molar refractivity (Wildman–Crippen MR) is 88.4 cm³/mol. The Hall–Kier alpha value is -2.95. The molecule has 0 fully saturated rings. The first-order chi connectivity index (χ1) is 11.6. The number of esters is 1. The van der Waals surface area contributed by atoms with Crippen LogP contribution in [0.3, 0.4) is 0 Å². The van der Waals surface area contributed by atoms with Gasteiger partial charge in [-0.3, -0.25) is 9.59 Å². The molecule has 0 N–H and O–H groups in total. The van der Waals surface area contributed by atoms with E-state index >= 15 is 0 Å². The molecule has 122 valence electrons. The number of halogens is 1. The summed E-state index contributed by atoms with van der Waals surface area (Å²) in [6.45, 7) is 1.89. The molecule has 0 atom stereocenters. The highest BCUT2D eigenvalue weighted by Crippen LogP contribution is 2.23. The Balaban J connectivity index is 1.99. The van der Waals surface area contributed by atoms with Crippen molar-refractivity contribution in [1.29, 1.82) is 0 Å². The first-order valence-electron chi connectivity index (χ1n) is 7.60. The molecule has 1 aromatic heterocycles. The van der Waals surface area contributed by atoms with Gasteiger partial charge in [-0.05, 0) is 36.2 Å². The highest BCUT2D eigenvalue weighted by molar-refractivity contribution is 5.83. The maximum absolute atomic E-state index is 13.0. The van der Waals surface area contributed by atoms with Crippen molar-refractivity contribution < 1.29 is 18.3 Å². The van der Waals surface area contributed by atoms with Crippen LogP contribution in [0.15, 0.2) is 57.9 Å². The third-order valence-electron chi connectivity index (χ3n) is 3.59. The monoisotopic (exact) mass is 326 g/mol. The van der Waals surface area contributed by atoms with Crippen molar-refractivity contribution in [2.24, 2.45) is 0 Å². The fourth-order valence-electron chi connectivity index (χ4n) is 2.39. The lowest BCUT2D eigenvalue weighted by atomic mass is 10.1. The van der Waals surface area contributed by atoms with Crippen molar-refractivity contribution in [3.63, 3.8) is 0 Å². The standard InChI is InChI=1S/C19H15FO4/c1-2-3-18(21)24-14-8-9-15-17(10-14)23-11-16(19(15)22)12-4-6-13(20)7-5-12/h4-11H,2-3H2,1H3. The van der Waals surface area contributed by atoms with Crippen molar-refractivity contribution in [2.75, 3.05) is 0 Å². The molecule has 3 rings (SSSR count). The molecule has 0 saturated carbocycles. The van der Waals surface area contributed by atoms with Gasteiger partial charge in [-0.15, -0.1) is 0 Å². The van der Waals surface area contributed by atoms with Gasteiger partial charge in [0.25, 0.3) is 0 Å². The van der Waals surface area contributed by atoms with Gasteiger partial charge in [0.1, 0.15) is 23.4 Å². The summed E-state index contributed by atoms with van der Waals surface area (Å²) in [7, 11) is 0. The number of fused-ring (bicyclic) bond motifs is 1. The van der Waals surface area contributed by atoms with Crippen LogP contribution in [-0.4, -0.2) is 5.97 Å². The number of rotatable bonds is 4. The average molecular weight is 326 g/mol. The molecule has 0 aliphatic rings. The molecular formula is C19H15FO4. The van der Waals surface area contributed by atoms with Gasteiger partial charge in [0.15, 0.2) is 5.43 Å². The zero-order valence-corrected chi connectivity index (χ0v) is 13.0.